The van der Waals surface area contributed by atoms with E-state index in [2.05, 4.69) is 0 Å². The summed E-state index contributed by atoms with van der Waals surface area (Å²) in [7, 11) is 0. The van der Waals surface area contributed by atoms with Crippen LogP contribution >= 0.6 is 0 Å². The predicted octanol–water partition coefficient (Wildman–Crippen LogP) is 0.747. The molecule has 0 aliphatic heterocycles. The molecule has 5 nitrogen and oxygen atoms in total. The van der Waals surface area contributed by atoms with Crippen LogP contribution in [-0.2, 0) is 9.53 Å². The van der Waals surface area contributed by atoms with Crippen molar-refractivity contribution in [1.29, 1.82) is 0 Å². The topological polar surface area (TPSA) is 69.4 Å². The van der Waals surface area contributed by atoms with Gasteiger partial charge in [0.1, 0.15) is 0 Å². The second-order valence-electron chi connectivity index (χ2n) is 2.93. The number of nitrogens with zero attached hydrogens (tertiary/aromatic N) is 1. The molecule has 0 N–H and O–H groups in total. The summed E-state index contributed by atoms with van der Waals surface area (Å²) in [5.74, 6) is -0.436. The lowest BCUT2D eigenvalue weighted by Crippen LogP contribution is -2.31. The van der Waals surface area contributed by atoms with Gasteiger partial charge in [0, 0.05) is 18.3 Å². The van der Waals surface area contributed by atoms with Gasteiger partial charge in [-0.05, 0) is 12.8 Å². The Hall–Kier alpha value is -1.13. The van der Waals surface area contributed by atoms with Crippen LogP contribution in [0.1, 0.15) is 26.2 Å². The van der Waals surface area contributed by atoms with Gasteiger partial charge in [-0.3, -0.25) is 14.9 Å². The fourth-order valence-corrected chi connectivity index (χ4v) is 1.50. The number of ether oxygens (including phenoxy) is 1. The summed E-state index contributed by atoms with van der Waals surface area (Å²) in [5.41, 5.74) is 0. The summed E-state index contributed by atoms with van der Waals surface area (Å²) < 4.78 is 4.80. The molecule has 0 spiro atoms. The highest BCUT2D eigenvalue weighted by molar-refractivity contribution is 5.66. The Kier molecular flexibility index (Phi) is 2.62. The molecule has 0 aromatic rings. The van der Waals surface area contributed by atoms with Crippen molar-refractivity contribution in [1.82, 2.24) is 0 Å². The molecule has 1 saturated carbocycles. The number of carbonyl (C=O) groups is 1. The van der Waals surface area contributed by atoms with Gasteiger partial charge in [-0.1, -0.05) is 0 Å². The lowest BCUT2D eigenvalue weighted by Gasteiger charge is -2.12. The van der Waals surface area contributed by atoms with E-state index in [0.29, 0.717) is 12.8 Å². The summed E-state index contributed by atoms with van der Waals surface area (Å²) in [4.78, 5) is 20.6. The van der Waals surface area contributed by atoms with E-state index in [1.807, 2.05) is 0 Å². The van der Waals surface area contributed by atoms with Gasteiger partial charge >= 0.3 is 5.97 Å². The molecule has 0 heterocycles. The SMILES string of the molecule is CC(=O)OC1CCCC1[N+](=O)[O-]. The molecule has 1 aliphatic carbocycles. The number of rotatable bonds is 2. The molecule has 0 amide bonds. The van der Waals surface area contributed by atoms with Crippen molar-refractivity contribution in [2.45, 2.75) is 38.3 Å². The molecule has 68 valence electrons. The van der Waals surface area contributed by atoms with Crippen molar-refractivity contribution in [2.75, 3.05) is 0 Å². The van der Waals surface area contributed by atoms with Gasteiger partial charge in [0.25, 0.3) is 0 Å². The molecule has 12 heavy (non-hydrogen) atoms. The van der Waals surface area contributed by atoms with Gasteiger partial charge in [-0.25, -0.2) is 0 Å². The Bertz CT molecular complexity index is 204. The van der Waals surface area contributed by atoms with Crippen LogP contribution in [0.4, 0.5) is 0 Å². The molecule has 1 aliphatic rings. The maximum Gasteiger partial charge on any atom is 0.303 e. The van der Waals surface area contributed by atoms with Crippen molar-refractivity contribution in [2.24, 2.45) is 0 Å². The molecule has 0 aromatic carbocycles. The molecule has 0 aromatic heterocycles. The van der Waals surface area contributed by atoms with Gasteiger partial charge in [-0.15, -0.1) is 0 Å². The largest absolute Gasteiger partial charge is 0.455 e. The first-order chi connectivity index (χ1) is 5.61. The van der Waals surface area contributed by atoms with Gasteiger partial charge in [0.15, 0.2) is 6.10 Å². The van der Waals surface area contributed by atoms with Crippen LogP contribution in [0, 0.1) is 10.1 Å². The summed E-state index contributed by atoms with van der Waals surface area (Å²) in [6.45, 7) is 1.27. The van der Waals surface area contributed by atoms with Crippen LogP contribution in [0.15, 0.2) is 0 Å². The maximum atomic E-state index is 10.5. The average molecular weight is 173 g/mol. The van der Waals surface area contributed by atoms with E-state index < -0.39 is 18.1 Å². The van der Waals surface area contributed by atoms with Crippen LogP contribution in [0.2, 0.25) is 0 Å². The van der Waals surface area contributed by atoms with Gasteiger partial charge in [-0.2, -0.15) is 0 Å². The van der Waals surface area contributed by atoms with Crippen molar-refractivity contribution in [3.8, 4) is 0 Å². The number of hydrogen-bond donors (Lipinski definition) is 0. The molecular weight excluding hydrogens is 162 g/mol. The second kappa shape index (κ2) is 3.51. The van der Waals surface area contributed by atoms with E-state index in [0.717, 1.165) is 6.42 Å². The van der Waals surface area contributed by atoms with Gasteiger partial charge in [0.05, 0.1) is 0 Å². The zero-order chi connectivity index (χ0) is 9.14. The van der Waals surface area contributed by atoms with Crippen molar-refractivity contribution < 1.29 is 14.5 Å². The Morgan fingerprint density at radius 1 is 1.58 bits per heavy atom. The predicted molar refractivity (Wildman–Crippen MR) is 40.2 cm³/mol. The number of carbonyl (C=O) groups excluding carboxylic acids is 1. The summed E-state index contributed by atoms with van der Waals surface area (Å²) in [5, 5.41) is 10.4. The molecule has 0 saturated heterocycles. The molecule has 0 radical (unpaired) electrons. The van der Waals surface area contributed by atoms with E-state index in [-0.39, 0.29) is 4.92 Å². The lowest BCUT2D eigenvalue weighted by molar-refractivity contribution is -0.530. The molecule has 2 unspecified atom stereocenters. The smallest absolute Gasteiger partial charge is 0.303 e. The Morgan fingerprint density at radius 3 is 2.75 bits per heavy atom. The fraction of sp³-hybridized carbons (Fsp3) is 0.857. The van der Waals surface area contributed by atoms with Crippen LogP contribution in [0.25, 0.3) is 0 Å². The molecule has 1 rings (SSSR count). The minimum absolute atomic E-state index is 0.361. The lowest BCUT2D eigenvalue weighted by atomic mass is 10.2. The summed E-state index contributed by atoms with van der Waals surface area (Å²) >= 11 is 0. The van der Waals surface area contributed by atoms with Crippen molar-refractivity contribution >= 4 is 5.97 Å². The van der Waals surface area contributed by atoms with Crippen LogP contribution in [0.5, 0.6) is 0 Å². The third-order valence-electron chi connectivity index (χ3n) is 2.01. The van der Waals surface area contributed by atoms with Crippen molar-refractivity contribution in [3.63, 3.8) is 0 Å². The quantitative estimate of drug-likeness (QED) is 0.351. The first-order valence-corrected chi connectivity index (χ1v) is 3.92. The van der Waals surface area contributed by atoms with Crippen molar-refractivity contribution in [3.05, 3.63) is 10.1 Å². The van der Waals surface area contributed by atoms with Crippen LogP contribution < -0.4 is 0 Å². The highest BCUT2D eigenvalue weighted by atomic mass is 16.6. The molecule has 0 bridgehead atoms. The number of nitro groups is 1. The van der Waals surface area contributed by atoms with E-state index in [1.54, 1.807) is 0 Å². The minimum atomic E-state index is -0.686. The highest BCUT2D eigenvalue weighted by Gasteiger charge is 2.38. The third-order valence-corrected chi connectivity index (χ3v) is 2.01. The standard InChI is InChI=1S/C7H11NO4/c1-5(9)12-7-4-2-3-6(7)8(10)11/h6-7H,2-4H2,1H3. The summed E-state index contributed by atoms with van der Waals surface area (Å²) in [6.07, 6.45) is 1.40. The summed E-state index contributed by atoms with van der Waals surface area (Å²) in [6, 6.07) is -0.686. The van der Waals surface area contributed by atoms with E-state index in [4.69, 9.17) is 4.74 Å². The number of esters is 1. The Morgan fingerprint density at radius 2 is 2.25 bits per heavy atom. The Labute approximate surface area is 69.9 Å². The second-order valence-corrected chi connectivity index (χ2v) is 2.93. The average Bonchev–Trinajstić information content (AvgIpc) is 2.33. The van der Waals surface area contributed by atoms with Crippen LogP contribution in [-0.4, -0.2) is 23.0 Å². The molecule has 1 fully saturated rings. The normalized spacial score (nSPS) is 28.4. The van der Waals surface area contributed by atoms with Crippen LogP contribution in [0.3, 0.4) is 0 Å². The fourth-order valence-electron chi connectivity index (χ4n) is 1.50. The zero-order valence-corrected chi connectivity index (χ0v) is 6.86. The third kappa shape index (κ3) is 1.93. The minimum Gasteiger partial charge on any atom is -0.455 e. The first kappa shape index (κ1) is 8.96. The molecule has 5 heteroatoms. The zero-order valence-electron chi connectivity index (χ0n) is 6.86. The first-order valence-electron chi connectivity index (χ1n) is 3.92. The highest BCUT2D eigenvalue weighted by Crippen LogP contribution is 2.24. The Balaban J connectivity index is 2.52. The molecule has 2 atom stereocenters. The van der Waals surface area contributed by atoms with E-state index >= 15 is 0 Å². The van der Waals surface area contributed by atoms with E-state index in [1.165, 1.54) is 6.92 Å². The number of hydrogen-bond acceptors (Lipinski definition) is 4. The van der Waals surface area contributed by atoms with E-state index in [9.17, 15) is 14.9 Å². The monoisotopic (exact) mass is 173 g/mol. The van der Waals surface area contributed by atoms with Gasteiger partial charge < -0.3 is 4.74 Å². The van der Waals surface area contributed by atoms with Gasteiger partial charge in [0.2, 0.25) is 6.04 Å². The molecular formula is C7H11NO4. The maximum absolute atomic E-state index is 10.5.